The number of amides is 1. The van der Waals surface area contributed by atoms with Crippen LogP contribution in [0.25, 0.3) is 0 Å². The molecule has 0 aromatic heterocycles. The molecular formula is C14H11BrClNO3S. The van der Waals surface area contributed by atoms with Gasteiger partial charge in [0.25, 0.3) is 15.0 Å². The summed E-state index contributed by atoms with van der Waals surface area (Å²) < 4.78 is 23.3. The summed E-state index contributed by atoms with van der Waals surface area (Å²) >= 11 is 3.30. The highest BCUT2D eigenvalue weighted by Gasteiger charge is 2.15. The molecule has 0 saturated heterocycles. The zero-order valence-corrected chi connectivity index (χ0v) is 14.1. The molecule has 110 valence electrons. The van der Waals surface area contributed by atoms with Gasteiger partial charge in [-0.2, -0.15) is 0 Å². The van der Waals surface area contributed by atoms with Crippen molar-refractivity contribution in [2.24, 2.45) is 0 Å². The van der Waals surface area contributed by atoms with E-state index in [4.69, 9.17) is 10.7 Å². The standard InChI is InChI=1S/C14H11BrClNO3S/c1-9-8-10(6-7-13(9)21(16,19)20)17-14(18)11-4-2-3-5-12(11)15/h2-8H,1H3,(H,17,18). The molecular weight excluding hydrogens is 378 g/mol. The van der Waals surface area contributed by atoms with E-state index >= 15 is 0 Å². The molecule has 0 fully saturated rings. The number of anilines is 1. The van der Waals surface area contributed by atoms with Crippen molar-refractivity contribution >= 4 is 47.3 Å². The number of hydrogen-bond donors (Lipinski definition) is 1. The van der Waals surface area contributed by atoms with Gasteiger partial charge in [0.15, 0.2) is 0 Å². The van der Waals surface area contributed by atoms with Crippen LogP contribution in [0.1, 0.15) is 15.9 Å². The van der Waals surface area contributed by atoms with Gasteiger partial charge in [0.1, 0.15) is 0 Å². The van der Waals surface area contributed by atoms with Gasteiger partial charge in [0, 0.05) is 20.8 Å². The lowest BCUT2D eigenvalue weighted by molar-refractivity contribution is 0.102. The molecule has 0 heterocycles. The third-order valence-corrected chi connectivity index (χ3v) is 4.99. The van der Waals surface area contributed by atoms with Crippen molar-refractivity contribution in [1.82, 2.24) is 0 Å². The first kappa shape index (κ1) is 16.0. The van der Waals surface area contributed by atoms with Crippen molar-refractivity contribution < 1.29 is 13.2 Å². The van der Waals surface area contributed by atoms with Crippen molar-refractivity contribution in [2.75, 3.05) is 5.32 Å². The molecule has 0 aliphatic carbocycles. The maximum absolute atomic E-state index is 12.1. The number of benzene rings is 2. The van der Waals surface area contributed by atoms with Crippen molar-refractivity contribution in [3.05, 3.63) is 58.1 Å². The molecule has 0 aliphatic rings. The third kappa shape index (κ3) is 3.84. The molecule has 0 atom stereocenters. The lowest BCUT2D eigenvalue weighted by atomic mass is 10.2. The Morgan fingerprint density at radius 3 is 2.43 bits per heavy atom. The summed E-state index contributed by atoms with van der Waals surface area (Å²) in [6, 6.07) is 11.4. The van der Waals surface area contributed by atoms with Crippen LogP contribution in [0.4, 0.5) is 5.69 Å². The molecule has 0 bridgehead atoms. The van der Waals surface area contributed by atoms with Gasteiger partial charge in [-0.25, -0.2) is 8.42 Å². The Bertz CT molecular complexity index is 806. The number of nitrogens with one attached hydrogen (secondary N) is 1. The zero-order chi connectivity index (χ0) is 15.6. The zero-order valence-electron chi connectivity index (χ0n) is 10.9. The van der Waals surface area contributed by atoms with Crippen molar-refractivity contribution in [3.8, 4) is 0 Å². The minimum atomic E-state index is -3.79. The summed E-state index contributed by atoms with van der Waals surface area (Å²) in [5, 5.41) is 2.71. The van der Waals surface area contributed by atoms with Gasteiger partial charge in [-0.05, 0) is 58.7 Å². The van der Waals surface area contributed by atoms with E-state index in [1.807, 2.05) is 6.07 Å². The average Bonchev–Trinajstić information content (AvgIpc) is 2.37. The molecule has 0 unspecified atom stereocenters. The SMILES string of the molecule is Cc1cc(NC(=O)c2ccccc2Br)ccc1S(=O)(=O)Cl. The second-order valence-corrected chi connectivity index (χ2v) is 7.74. The van der Waals surface area contributed by atoms with Crippen LogP contribution in [-0.4, -0.2) is 14.3 Å². The summed E-state index contributed by atoms with van der Waals surface area (Å²) in [4.78, 5) is 12.2. The Balaban J connectivity index is 2.27. The molecule has 7 heteroatoms. The van der Waals surface area contributed by atoms with E-state index in [-0.39, 0.29) is 10.8 Å². The van der Waals surface area contributed by atoms with Crippen LogP contribution in [0, 0.1) is 6.92 Å². The maximum atomic E-state index is 12.1. The molecule has 0 aliphatic heterocycles. The van der Waals surface area contributed by atoms with E-state index in [9.17, 15) is 13.2 Å². The summed E-state index contributed by atoms with van der Waals surface area (Å²) in [7, 11) is 1.53. The predicted octanol–water partition coefficient (Wildman–Crippen LogP) is 3.94. The van der Waals surface area contributed by atoms with Gasteiger partial charge in [-0.3, -0.25) is 4.79 Å². The minimum absolute atomic E-state index is 0.0306. The van der Waals surface area contributed by atoms with Crippen molar-refractivity contribution in [1.29, 1.82) is 0 Å². The topological polar surface area (TPSA) is 63.2 Å². The van der Waals surface area contributed by atoms with E-state index in [0.29, 0.717) is 21.3 Å². The molecule has 2 rings (SSSR count). The Kier molecular flexibility index (Phi) is 4.70. The number of carbonyl (C=O) groups excluding carboxylic acids is 1. The molecule has 0 saturated carbocycles. The fourth-order valence-corrected chi connectivity index (χ4v) is 3.50. The van der Waals surface area contributed by atoms with E-state index in [0.717, 1.165) is 0 Å². The van der Waals surface area contributed by atoms with Crippen LogP contribution < -0.4 is 5.32 Å². The molecule has 21 heavy (non-hydrogen) atoms. The average molecular weight is 389 g/mol. The molecule has 2 aromatic rings. The summed E-state index contributed by atoms with van der Waals surface area (Å²) in [5.41, 5.74) is 1.46. The first-order chi connectivity index (χ1) is 9.79. The number of hydrogen-bond acceptors (Lipinski definition) is 3. The molecule has 0 radical (unpaired) electrons. The summed E-state index contributed by atoms with van der Waals surface area (Å²) in [6.07, 6.45) is 0. The number of aryl methyl sites for hydroxylation is 1. The Morgan fingerprint density at radius 1 is 1.19 bits per heavy atom. The van der Waals surface area contributed by atoms with E-state index in [1.54, 1.807) is 31.2 Å². The largest absolute Gasteiger partial charge is 0.322 e. The minimum Gasteiger partial charge on any atom is -0.322 e. The van der Waals surface area contributed by atoms with Crippen molar-refractivity contribution in [3.63, 3.8) is 0 Å². The number of rotatable bonds is 3. The Morgan fingerprint density at radius 2 is 1.86 bits per heavy atom. The smallest absolute Gasteiger partial charge is 0.261 e. The lowest BCUT2D eigenvalue weighted by Crippen LogP contribution is -2.12. The molecule has 2 aromatic carbocycles. The van der Waals surface area contributed by atoms with Crippen LogP contribution in [0.3, 0.4) is 0 Å². The van der Waals surface area contributed by atoms with Gasteiger partial charge >= 0.3 is 0 Å². The quantitative estimate of drug-likeness (QED) is 0.810. The fourth-order valence-electron chi connectivity index (χ4n) is 1.84. The van der Waals surface area contributed by atoms with Gasteiger partial charge in [0.05, 0.1) is 10.5 Å². The molecule has 0 spiro atoms. The van der Waals surface area contributed by atoms with Gasteiger partial charge in [0.2, 0.25) is 0 Å². The highest BCUT2D eigenvalue weighted by atomic mass is 79.9. The summed E-state index contributed by atoms with van der Waals surface area (Å²) in [5.74, 6) is -0.289. The van der Waals surface area contributed by atoms with Crippen LogP contribution in [0.5, 0.6) is 0 Å². The van der Waals surface area contributed by atoms with Crippen LogP contribution >= 0.6 is 26.6 Å². The molecule has 1 N–H and O–H groups in total. The predicted molar refractivity (Wildman–Crippen MR) is 86.3 cm³/mol. The first-order valence-electron chi connectivity index (χ1n) is 5.90. The van der Waals surface area contributed by atoms with Crippen LogP contribution in [0.15, 0.2) is 51.8 Å². The highest BCUT2D eigenvalue weighted by Crippen LogP contribution is 2.24. The lowest BCUT2D eigenvalue weighted by Gasteiger charge is -2.09. The highest BCUT2D eigenvalue weighted by molar-refractivity contribution is 9.10. The number of carbonyl (C=O) groups is 1. The first-order valence-corrected chi connectivity index (χ1v) is 9.00. The Labute approximate surface area is 135 Å². The normalized spacial score (nSPS) is 11.2. The van der Waals surface area contributed by atoms with E-state index in [2.05, 4.69) is 21.2 Å². The Hall–Kier alpha value is -1.37. The second-order valence-electron chi connectivity index (χ2n) is 4.35. The summed E-state index contributed by atoms with van der Waals surface area (Å²) in [6.45, 7) is 1.61. The van der Waals surface area contributed by atoms with E-state index < -0.39 is 9.05 Å². The molecule has 4 nitrogen and oxygen atoms in total. The van der Waals surface area contributed by atoms with Crippen LogP contribution in [-0.2, 0) is 9.05 Å². The van der Waals surface area contributed by atoms with E-state index in [1.165, 1.54) is 12.1 Å². The number of halogens is 2. The maximum Gasteiger partial charge on any atom is 0.261 e. The molecule has 1 amide bonds. The third-order valence-electron chi connectivity index (χ3n) is 2.81. The van der Waals surface area contributed by atoms with Gasteiger partial charge < -0.3 is 5.32 Å². The monoisotopic (exact) mass is 387 g/mol. The van der Waals surface area contributed by atoms with Gasteiger partial charge in [-0.1, -0.05) is 12.1 Å². The fraction of sp³-hybridized carbons (Fsp3) is 0.0714. The van der Waals surface area contributed by atoms with Gasteiger partial charge in [-0.15, -0.1) is 0 Å². The second kappa shape index (κ2) is 6.17. The van der Waals surface area contributed by atoms with Crippen molar-refractivity contribution in [2.45, 2.75) is 11.8 Å². The van der Waals surface area contributed by atoms with Crippen LogP contribution in [0.2, 0.25) is 0 Å².